The van der Waals surface area contributed by atoms with E-state index in [9.17, 15) is 9.59 Å². The Labute approximate surface area is 165 Å². The largest absolute Gasteiger partial charge is 0.434 e. The number of hydrogen-bond donors (Lipinski definition) is 1. The topological polar surface area (TPSA) is 106 Å². The number of rotatable bonds is 5. The van der Waals surface area contributed by atoms with Crippen molar-refractivity contribution in [2.45, 2.75) is 19.8 Å². The van der Waals surface area contributed by atoms with Crippen LogP contribution in [-0.2, 0) is 11.8 Å². The van der Waals surface area contributed by atoms with Crippen LogP contribution < -0.4 is 15.6 Å². The van der Waals surface area contributed by atoms with E-state index in [-0.39, 0.29) is 45.4 Å². The van der Waals surface area contributed by atoms with Gasteiger partial charge in [-0.2, -0.15) is 5.26 Å². The van der Waals surface area contributed by atoms with Gasteiger partial charge in [-0.25, -0.2) is 9.48 Å². The van der Waals surface area contributed by atoms with Gasteiger partial charge in [0.25, 0.3) is 5.56 Å². The molecule has 0 unspecified atom stereocenters. The van der Waals surface area contributed by atoms with Crippen molar-refractivity contribution in [3.63, 3.8) is 0 Å². The van der Waals surface area contributed by atoms with Gasteiger partial charge < -0.3 is 9.47 Å². The van der Waals surface area contributed by atoms with Crippen LogP contribution in [0.3, 0.4) is 0 Å². The molecule has 0 radical (unpaired) electrons. The van der Waals surface area contributed by atoms with E-state index in [4.69, 9.17) is 33.2 Å². The molecule has 1 aromatic heterocycles. The molecule has 0 spiro atoms. The number of amides is 1. The highest BCUT2D eigenvalue weighted by molar-refractivity contribution is 6.37. The maximum absolute atomic E-state index is 12.1. The third-order valence-electron chi connectivity index (χ3n) is 3.41. The predicted octanol–water partition coefficient (Wildman–Crippen LogP) is 4.07. The lowest BCUT2D eigenvalue weighted by Crippen LogP contribution is -2.24. The molecule has 0 aliphatic heterocycles. The fraction of sp³-hybridized carbons (Fsp3) is 0.294. The Bertz CT molecular complexity index is 943. The van der Waals surface area contributed by atoms with E-state index in [1.54, 1.807) is 6.07 Å². The van der Waals surface area contributed by atoms with E-state index >= 15 is 0 Å². The van der Waals surface area contributed by atoms with Gasteiger partial charge in [0, 0.05) is 24.4 Å². The zero-order valence-corrected chi connectivity index (χ0v) is 16.3. The summed E-state index contributed by atoms with van der Waals surface area (Å²) in [4.78, 5) is 23.6. The molecule has 27 heavy (non-hydrogen) atoms. The second kappa shape index (κ2) is 8.75. The van der Waals surface area contributed by atoms with Gasteiger partial charge in [-0.1, -0.05) is 37.0 Å². The van der Waals surface area contributed by atoms with Crippen molar-refractivity contribution >= 4 is 35.0 Å². The number of anilines is 1. The number of benzene rings is 1. The number of nitriles is 1. The first-order chi connectivity index (χ1) is 12.7. The van der Waals surface area contributed by atoms with Crippen LogP contribution in [-0.4, -0.2) is 22.5 Å². The Morgan fingerprint density at radius 2 is 1.96 bits per heavy atom. The molecule has 142 valence electrons. The molecule has 0 bridgehead atoms. The normalized spacial score (nSPS) is 10.4. The van der Waals surface area contributed by atoms with E-state index in [0.717, 1.165) is 0 Å². The molecule has 0 atom stereocenters. The minimum Gasteiger partial charge on any atom is -0.434 e. The third kappa shape index (κ3) is 5.12. The fourth-order valence-corrected chi connectivity index (χ4v) is 2.72. The minimum atomic E-state index is -0.821. The molecular weight excluding hydrogens is 395 g/mol. The molecule has 0 aliphatic rings. The quantitative estimate of drug-likeness (QED) is 0.795. The summed E-state index contributed by atoms with van der Waals surface area (Å²) in [5, 5.41) is 15.1. The number of carbonyl (C=O) groups is 1. The molecule has 10 heteroatoms. The van der Waals surface area contributed by atoms with E-state index in [0.29, 0.717) is 5.56 Å². The summed E-state index contributed by atoms with van der Waals surface area (Å²) < 4.78 is 11.4. The maximum Gasteiger partial charge on any atom is 0.412 e. The molecule has 1 heterocycles. The molecule has 1 N–H and O–H groups in total. The lowest BCUT2D eigenvalue weighted by molar-refractivity contribution is 0.175. The summed E-state index contributed by atoms with van der Waals surface area (Å²) in [5.74, 6) is 0.250. The highest BCUT2D eigenvalue weighted by Crippen LogP contribution is 2.38. The second-order valence-corrected chi connectivity index (χ2v) is 6.57. The Morgan fingerprint density at radius 3 is 2.52 bits per heavy atom. The van der Waals surface area contributed by atoms with Crippen LogP contribution in [0.15, 0.2) is 23.0 Å². The Balaban J connectivity index is 2.29. The second-order valence-electron chi connectivity index (χ2n) is 5.75. The number of halogens is 2. The van der Waals surface area contributed by atoms with Gasteiger partial charge in [0.1, 0.15) is 6.07 Å². The van der Waals surface area contributed by atoms with E-state index in [1.807, 2.05) is 13.8 Å². The molecule has 2 rings (SSSR count). The Kier molecular flexibility index (Phi) is 6.66. The number of nitrogens with zero attached hydrogens (tertiary/aromatic N) is 3. The number of aromatic nitrogens is 2. The first-order valence-electron chi connectivity index (χ1n) is 7.78. The van der Waals surface area contributed by atoms with Crippen LogP contribution in [0.4, 0.5) is 10.5 Å². The number of aryl methyl sites for hydroxylation is 1. The van der Waals surface area contributed by atoms with Crippen molar-refractivity contribution in [2.75, 3.05) is 11.9 Å². The van der Waals surface area contributed by atoms with Crippen LogP contribution in [0.1, 0.15) is 25.3 Å². The Morgan fingerprint density at radius 1 is 1.33 bits per heavy atom. The average molecular weight is 411 g/mol. The molecule has 0 fully saturated rings. The minimum absolute atomic E-state index is 0.0222. The lowest BCUT2D eigenvalue weighted by atomic mass is 10.1. The predicted molar refractivity (Wildman–Crippen MR) is 101 cm³/mol. The number of carbonyl (C=O) groups excluding carboxylic acids is 1. The summed E-state index contributed by atoms with van der Waals surface area (Å²) in [6.07, 6.45) is -0.821. The van der Waals surface area contributed by atoms with E-state index < -0.39 is 6.09 Å². The third-order valence-corrected chi connectivity index (χ3v) is 3.97. The van der Waals surface area contributed by atoms with Crippen molar-refractivity contribution < 1.29 is 14.3 Å². The molecule has 2 aromatic rings. The zero-order chi connectivity index (χ0) is 20.1. The summed E-state index contributed by atoms with van der Waals surface area (Å²) in [7, 11) is 1.52. The van der Waals surface area contributed by atoms with Crippen molar-refractivity contribution in [1.29, 1.82) is 5.26 Å². The number of nitrogens with one attached hydrogen (secondary N) is 1. The SMILES string of the molecule is CC(C)c1cc(Oc2c(Cl)cc(NC(=O)OCC#N)cc2Cl)nn(C)c1=O. The lowest BCUT2D eigenvalue weighted by Gasteiger charge is -2.13. The fourth-order valence-electron chi connectivity index (χ4n) is 2.15. The number of hydrogen-bond acceptors (Lipinski definition) is 6. The first kappa shape index (κ1) is 20.6. The molecule has 0 saturated carbocycles. The van der Waals surface area contributed by atoms with Gasteiger partial charge in [0.15, 0.2) is 12.4 Å². The van der Waals surface area contributed by atoms with Gasteiger partial charge >= 0.3 is 6.09 Å². The van der Waals surface area contributed by atoms with Crippen molar-refractivity contribution in [2.24, 2.45) is 7.05 Å². The highest BCUT2D eigenvalue weighted by Gasteiger charge is 2.16. The summed E-state index contributed by atoms with van der Waals surface area (Å²) in [5.41, 5.74) is 0.579. The molecular formula is C17H16Cl2N4O4. The average Bonchev–Trinajstić information content (AvgIpc) is 2.58. The molecule has 1 aromatic carbocycles. The van der Waals surface area contributed by atoms with Crippen LogP contribution in [0.2, 0.25) is 10.0 Å². The van der Waals surface area contributed by atoms with Crippen LogP contribution in [0, 0.1) is 11.3 Å². The first-order valence-corrected chi connectivity index (χ1v) is 8.54. The summed E-state index contributed by atoms with van der Waals surface area (Å²) >= 11 is 12.4. The van der Waals surface area contributed by atoms with Gasteiger partial charge in [-0.3, -0.25) is 10.1 Å². The summed E-state index contributed by atoms with van der Waals surface area (Å²) in [6.45, 7) is 3.38. The maximum atomic E-state index is 12.1. The van der Waals surface area contributed by atoms with Crippen molar-refractivity contribution in [3.05, 3.63) is 44.2 Å². The van der Waals surface area contributed by atoms with Gasteiger partial charge in [0.05, 0.1) is 10.0 Å². The highest BCUT2D eigenvalue weighted by atomic mass is 35.5. The van der Waals surface area contributed by atoms with Crippen LogP contribution >= 0.6 is 23.2 Å². The molecule has 0 saturated heterocycles. The van der Waals surface area contributed by atoms with Gasteiger partial charge in [-0.05, 0) is 18.1 Å². The van der Waals surface area contributed by atoms with E-state index in [2.05, 4.69) is 15.2 Å². The zero-order valence-electron chi connectivity index (χ0n) is 14.7. The summed E-state index contributed by atoms with van der Waals surface area (Å²) in [6, 6.07) is 6.02. The molecule has 1 amide bonds. The van der Waals surface area contributed by atoms with Crippen LogP contribution in [0.25, 0.3) is 0 Å². The van der Waals surface area contributed by atoms with Gasteiger partial charge in [-0.15, -0.1) is 5.10 Å². The number of ether oxygens (including phenoxy) is 2. The molecule has 8 nitrogen and oxygen atoms in total. The van der Waals surface area contributed by atoms with Crippen LogP contribution in [0.5, 0.6) is 11.6 Å². The van der Waals surface area contributed by atoms with Gasteiger partial charge in [0.2, 0.25) is 5.88 Å². The van der Waals surface area contributed by atoms with Crippen molar-refractivity contribution in [3.8, 4) is 17.7 Å². The van der Waals surface area contributed by atoms with E-state index in [1.165, 1.54) is 29.9 Å². The Hall–Kier alpha value is -2.76. The standard InChI is InChI=1S/C17H16Cl2N4O4/c1-9(2)11-8-14(22-23(3)16(11)24)27-15-12(18)6-10(7-13(15)19)21-17(25)26-5-4-20/h6-9H,5H2,1-3H3,(H,21,25). The van der Waals surface area contributed by atoms with Crippen molar-refractivity contribution in [1.82, 2.24) is 9.78 Å². The smallest absolute Gasteiger partial charge is 0.412 e. The molecule has 0 aliphatic carbocycles. The monoisotopic (exact) mass is 410 g/mol.